The Labute approximate surface area is 113 Å². The number of hydrogen-bond donors (Lipinski definition) is 2. The minimum Gasteiger partial charge on any atom is -0.380 e. The van der Waals surface area contributed by atoms with Crippen LogP contribution >= 0.6 is 12.4 Å². The molecule has 1 aliphatic rings. The number of nitrogens with zero attached hydrogens (tertiary/aromatic N) is 1. The van der Waals surface area contributed by atoms with E-state index in [0.29, 0.717) is 6.04 Å². The van der Waals surface area contributed by atoms with Gasteiger partial charge in [-0.2, -0.15) is 0 Å². The molecule has 1 aromatic carbocycles. The highest BCUT2D eigenvalue weighted by atomic mass is 35.5. The molecular weight excluding hydrogens is 246 g/mol. The summed E-state index contributed by atoms with van der Waals surface area (Å²) in [5.74, 6) is 0. The number of pyridine rings is 1. The molecule has 1 saturated heterocycles. The molecule has 1 fully saturated rings. The number of fused-ring (bicyclic) bond motifs is 1. The minimum atomic E-state index is 0. The predicted octanol–water partition coefficient (Wildman–Crippen LogP) is 2.82. The molecule has 0 unspecified atom stereocenters. The molecule has 1 aliphatic heterocycles. The first-order valence-corrected chi connectivity index (χ1v) is 6.23. The molecule has 0 bridgehead atoms. The number of benzene rings is 1. The molecule has 0 spiro atoms. The van der Waals surface area contributed by atoms with Gasteiger partial charge in [0, 0.05) is 23.0 Å². The molecule has 18 heavy (non-hydrogen) atoms. The third-order valence-corrected chi connectivity index (χ3v) is 3.37. The van der Waals surface area contributed by atoms with Crippen molar-refractivity contribution in [1.29, 1.82) is 0 Å². The van der Waals surface area contributed by atoms with Crippen LogP contribution in [-0.2, 0) is 0 Å². The summed E-state index contributed by atoms with van der Waals surface area (Å²) in [6.07, 6.45) is 6.22. The van der Waals surface area contributed by atoms with Gasteiger partial charge in [0.05, 0.1) is 11.9 Å². The van der Waals surface area contributed by atoms with Crippen molar-refractivity contribution in [3.05, 3.63) is 36.7 Å². The number of piperidine rings is 1. The third kappa shape index (κ3) is 2.74. The van der Waals surface area contributed by atoms with Crippen LogP contribution < -0.4 is 10.6 Å². The summed E-state index contributed by atoms with van der Waals surface area (Å²) in [6, 6.07) is 8.97. The van der Waals surface area contributed by atoms with Crippen LogP contribution in [0.5, 0.6) is 0 Å². The number of nitrogens with one attached hydrogen (secondary N) is 2. The molecular formula is C14H18ClN3. The number of anilines is 1. The Hall–Kier alpha value is -1.32. The molecule has 1 aromatic heterocycles. The highest BCUT2D eigenvalue weighted by molar-refractivity contribution is 5.92. The van der Waals surface area contributed by atoms with Gasteiger partial charge in [0.25, 0.3) is 0 Å². The van der Waals surface area contributed by atoms with Gasteiger partial charge >= 0.3 is 0 Å². The summed E-state index contributed by atoms with van der Waals surface area (Å²) >= 11 is 0. The summed E-state index contributed by atoms with van der Waals surface area (Å²) < 4.78 is 0. The predicted molar refractivity (Wildman–Crippen MR) is 78.5 cm³/mol. The van der Waals surface area contributed by atoms with Crippen molar-refractivity contribution in [3.63, 3.8) is 0 Å². The van der Waals surface area contributed by atoms with E-state index in [4.69, 9.17) is 0 Å². The zero-order chi connectivity index (χ0) is 11.5. The van der Waals surface area contributed by atoms with Crippen molar-refractivity contribution in [2.24, 2.45) is 0 Å². The van der Waals surface area contributed by atoms with Crippen molar-refractivity contribution in [1.82, 2.24) is 10.3 Å². The molecule has 3 rings (SSSR count). The lowest BCUT2D eigenvalue weighted by atomic mass is 10.1. The van der Waals surface area contributed by atoms with E-state index in [1.807, 2.05) is 12.4 Å². The molecule has 4 heteroatoms. The number of hydrogen-bond acceptors (Lipinski definition) is 3. The van der Waals surface area contributed by atoms with Gasteiger partial charge in [0.1, 0.15) is 0 Å². The first kappa shape index (κ1) is 13.1. The minimum absolute atomic E-state index is 0. The van der Waals surface area contributed by atoms with Gasteiger partial charge < -0.3 is 10.6 Å². The second kappa shape index (κ2) is 6.03. The normalized spacial score (nSPS) is 16.2. The van der Waals surface area contributed by atoms with E-state index in [-0.39, 0.29) is 12.4 Å². The Morgan fingerprint density at radius 2 is 1.89 bits per heavy atom. The maximum Gasteiger partial charge on any atom is 0.0608 e. The SMILES string of the molecule is Cl.c1ccc2c(NC3CCNCC3)cncc2c1. The van der Waals surface area contributed by atoms with Crippen LogP contribution in [0.4, 0.5) is 5.69 Å². The molecule has 2 aromatic rings. The Morgan fingerprint density at radius 3 is 2.72 bits per heavy atom. The average molecular weight is 264 g/mol. The summed E-state index contributed by atoms with van der Waals surface area (Å²) in [5, 5.41) is 9.47. The van der Waals surface area contributed by atoms with E-state index in [2.05, 4.69) is 39.9 Å². The first-order valence-electron chi connectivity index (χ1n) is 6.23. The van der Waals surface area contributed by atoms with E-state index >= 15 is 0 Å². The van der Waals surface area contributed by atoms with Gasteiger partial charge in [0.2, 0.25) is 0 Å². The molecule has 3 nitrogen and oxygen atoms in total. The van der Waals surface area contributed by atoms with Crippen LogP contribution in [0.2, 0.25) is 0 Å². The quantitative estimate of drug-likeness (QED) is 0.875. The van der Waals surface area contributed by atoms with Gasteiger partial charge in [0.15, 0.2) is 0 Å². The van der Waals surface area contributed by atoms with E-state index < -0.39 is 0 Å². The molecule has 0 amide bonds. The fraction of sp³-hybridized carbons (Fsp3) is 0.357. The van der Waals surface area contributed by atoms with E-state index in [1.54, 1.807) is 0 Å². The van der Waals surface area contributed by atoms with Crippen LogP contribution in [0.15, 0.2) is 36.7 Å². The fourth-order valence-electron chi connectivity index (χ4n) is 2.42. The molecule has 96 valence electrons. The van der Waals surface area contributed by atoms with Crippen LogP contribution in [0, 0.1) is 0 Å². The summed E-state index contributed by atoms with van der Waals surface area (Å²) in [4.78, 5) is 4.30. The monoisotopic (exact) mass is 263 g/mol. The molecule has 2 heterocycles. The maximum absolute atomic E-state index is 4.30. The third-order valence-electron chi connectivity index (χ3n) is 3.37. The van der Waals surface area contributed by atoms with Crippen LogP contribution in [0.3, 0.4) is 0 Å². The number of aromatic nitrogens is 1. The molecule has 2 N–H and O–H groups in total. The average Bonchev–Trinajstić information content (AvgIpc) is 2.40. The Bertz CT molecular complexity index is 504. The maximum atomic E-state index is 4.30. The lowest BCUT2D eigenvalue weighted by Crippen LogP contribution is -2.35. The standard InChI is InChI=1S/C14H17N3.ClH/c1-2-4-13-11(3-1)9-16-10-14(13)17-12-5-7-15-8-6-12;/h1-4,9-10,12,15,17H,5-8H2;1H. The smallest absolute Gasteiger partial charge is 0.0608 e. The fourth-order valence-corrected chi connectivity index (χ4v) is 2.42. The van der Waals surface area contributed by atoms with Crippen molar-refractivity contribution >= 4 is 28.9 Å². The van der Waals surface area contributed by atoms with Gasteiger partial charge in [-0.1, -0.05) is 24.3 Å². The van der Waals surface area contributed by atoms with E-state index in [9.17, 15) is 0 Å². The topological polar surface area (TPSA) is 37.0 Å². The van der Waals surface area contributed by atoms with Gasteiger partial charge in [-0.15, -0.1) is 12.4 Å². The van der Waals surface area contributed by atoms with Crippen molar-refractivity contribution < 1.29 is 0 Å². The zero-order valence-corrected chi connectivity index (χ0v) is 11.0. The van der Waals surface area contributed by atoms with Crippen LogP contribution in [0.1, 0.15) is 12.8 Å². The Morgan fingerprint density at radius 1 is 1.11 bits per heavy atom. The van der Waals surface area contributed by atoms with Crippen molar-refractivity contribution in [2.75, 3.05) is 18.4 Å². The Kier molecular flexibility index (Phi) is 4.39. The lowest BCUT2D eigenvalue weighted by molar-refractivity contribution is 0.479. The summed E-state index contributed by atoms with van der Waals surface area (Å²) in [7, 11) is 0. The molecule has 0 atom stereocenters. The van der Waals surface area contributed by atoms with Crippen molar-refractivity contribution in [3.8, 4) is 0 Å². The summed E-state index contributed by atoms with van der Waals surface area (Å²) in [5.41, 5.74) is 1.16. The number of rotatable bonds is 2. The second-order valence-electron chi connectivity index (χ2n) is 4.58. The highest BCUT2D eigenvalue weighted by Crippen LogP contribution is 2.23. The van der Waals surface area contributed by atoms with Crippen molar-refractivity contribution in [2.45, 2.75) is 18.9 Å². The zero-order valence-electron chi connectivity index (χ0n) is 10.2. The van der Waals surface area contributed by atoms with Gasteiger partial charge in [-0.05, 0) is 25.9 Å². The van der Waals surface area contributed by atoms with Crippen LogP contribution in [0.25, 0.3) is 10.8 Å². The summed E-state index contributed by atoms with van der Waals surface area (Å²) in [6.45, 7) is 2.21. The molecule has 0 radical (unpaired) electrons. The van der Waals surface area contributed by atoms with E-state index in [1.165, 1.54) is 23.6 Å². The molecule has 0 aliphatic carbocycles. The Balaban J connectivity index is 0.00000120. The van der Waals surface area contributed by atoms with E-state index in [0.717, 1.165) is 18.8 Å². The number of halogens is 1. The van der Waals surface area contributed by atoms with Gasteiger partial charge in [-0.25, -0.2) is 0 Å². The lowest BCUT2D eigenvalue weighted by Gasteiger charge is -2.25. The van der Waals surface area contributed by atoms with Gasteiger partial charge in [-0.3, -0.25) is 4.98 Å². The second-order valence-corrected chi connectivity index (χ2v) is 4.58. The van der Waals surface area contributed by atoms with Crippen LogP contribution in [-0.4, -0.2) is 24.1 Å². The largest absolute Gasteiger partial charge is 0.380 e. The molecule has 0 saturated carbocycles. The highest BCUT2D eigenvalue weighted by Gasteiger charge is 2.13. The first-order chi connectivity index (χ1) is 8.43.